The molecule has 2 saturated carbocycles. The van der Waals surface area contributed by atoms with E-state index in [2.05, 4.69) is 18.7 Å². The highest BCUT2D eigenvalue weighted by Crippen LogP contribution is 2.34. The molecule has 0 aromatic rings. The van der Waals surface area contributed by atoms with Gasteiger partial charge in [0.15, 0.2) is 0 Å². The van der Waals surface area contributed by atoms with E-state index >= 15 is 0 Å². The van der Waals surface area contributed by atoms with Gasteiger partial charge in [0.05, 0.1) is 5.92 Å². The highest BCUT2D eigenvalue weighted by molar-refractivity contribution is 5.80. The summed E-state index contributed by atoms with van der Waals surface area (Å²) in [5.74, 6) is 0.0426. The third kappa shape index (κ3) is 3.97. The lowest BCUT2D eigenvalue weighted by molar-refractivity contribution is -0.146. The van der Waals surface area contributed by atoms with Gasteiger partial charge in [0.1, 0.15) is 0 Å². The molecule has 0 spiro atoms. The number of amides is 1. The third-order valence-corrected chi connectivity index (χ3v) is 4.64. The molecule has 114 valence electrons. The van der Waals surface area contributed by atoms with Gasteiger partial charge in [-0.05, 0) is 50.9 Å². The molecule has 4 nitrogen and oxygen atoms in total. The Balaban J connectivity index is 1.87. The number of rotatable bonds is 6. The molecule has 4 heteroatoms. The van der Waals surface area contributed by atoms with E-state index in [4.69, 9.17) is 5.11 Å². The number of aliphatic carboxylic acids is 1. The van der Waals surface area contributed by atoms with Crippen LogP contribution in [0.5, 0.6) is 0 Å². The molecule has 1 N–H and O–H groups in total. The SMILES string of the molecule is CC(C)CCN(C(=O)C1CCC(C(=O)O)CC1)C1CC1. The number of carbonyl (C=O) groups is 2. The van der Waals surface area contributed by atoms with Gasteiger partial charge in [0.25, 0.3) is 0 Å². The van der Waals surface area contributed by atoms with Crippen molar-refractivity contribution in [2.24, 2.45) is 17.8 Å². The highest BCUT2D eigenvalue weighted by Gasteiger charge is 2.37. The molecule has 0 aromatic carbocycles. The summed E-state index contributed by atoms with van der Waals surface area (Å²) in [6, 6.07) is 0.471. The lowest BCUT2D eigenvalue weighted by Crippen LogP contribution is -2.40. The van der Waals surface area contributed by atoms with E-state index in [9.17, 15) is 9.59 Å². The monoisotopic (exact) mass is 281 g/mol. The van der Waals surface area contributed by atoms with Crippen LogP contribution < -0.4 is 0 Å². The van der Waals surface area contributed by atoms with E-state index in [0.717, 1.165) is 38.6 Å². The molecule has 1 amide bonds. The number of carboxylic acid groups (broad SMARTS) is 1. The fraction of sp³-hybridized carbons (Fsp3) is 0.875. The Morgan fingerprint density at radius 1 is 1.05 bits per heavy atom. The largest absolute Gasteiger partial charge is 0.481 e. The third-order valence-electron chi connectivity index (χ3n) is 4.64. The zero-order valence-corrected chi connectivity index (χ0v) is 12.7. The van der Waals surface area contributed by atoms with Crippen LogP contribution in [0.3, 0.4) is 0 Å². The van der Waals surface area contributed by atoms with Crippen molar-refractivity contribution in [2.75, 3.05) is 6.54 Å². The van der Waals surface area contributed by atoms with Crippen LogP contribution in [-0.4, -0.2) is 34.5 Å². The fourth-order valence-electron chi connectivity index (χ4n) is 3.08. The summed E-state index contributed by atoms with van der Waals surface area (Å²) in [5.41, 5.74) is 0. The van der Waals surface area contributed by atoms with E-state index in [-0.39, 0.29) is 17.7 Å². The second kappa shape index (κ2) is 6.59. The first-order chi connectivity index (χ1) is 9.49. The van der Waals surface area contributed by atoms with Gasteiger partial charge < -0.3 is 10.0 Å². The molecule has 0 aliphatic heterocycles. The summed E-state index contributed by atoms with van der Waals surface area (Å²) in [6.07, 6.45) is 6.18. The van der Waals surface area contributed by atoms with Gasteiger partial charge in [-0.3, -0.25) is 9.59 Å². The zero-order valence-electron chi connectivity index (χ0n) is 12.7. The molecule has 2 aliphatic rings. The van der Waals surface area contributed by atoms with Crippen molar-refractivity contribution in [1.29, 1.82) is 0 Å². The van der Waals surface area contributed by atoms with Crippen molar-refractivity contribution in [3.63, 3.8) is 0 Å². The minimum atomic E-state index is -0.699. The summed E-state index contributed by atoms with van der Waals surface area (Å²) in [6.45, 7) is 5.25. The van der Waals surface area contributed by atoms with E-state index in [1.165, 1.54) is 0 Å². The van der Waals surface area contributed by atoms with Gasteiger partial charge in [0, 0.05) is 18.5 Å². The van der Waals surface area contributed by atoms with Crippen LogP contribution in [-0.2, 0) is 9.59 Å². The average molecular weight is 281 g/mol. The van der Waals surface area contributed by atoms with Crippen molar-refractivity contribution < 1.29 is 14.7 Å². The fourth-order valence-corrected chi connectivity index (χ4v) is 3.08. The maximum absolute atomic E-state index is 12.6. The molecule has 2 aliphatic carbocycles. The summed E-state index contributed by atoms with van der Waals surface area (Å²) in [4.78, 5) is 25.7. The zero-order chi connectivity index (χ0) is 14.7. The molecular weight excluding hydrogens is 254 g/mol. The van der Waals surface area contributed by atoms with Gasteiger partial charge in [-0.1, -0.05) is 13.8 Å². The number of carbonyl (C=O) groups excluding carboxylic acids is 1. The van der Waals surface area contributed by atoms with Gasteiger partial charge >= 0.3 is 5.97 Å². The molecule has 0 unspecified atom stereocenters. The smallest absolute Gasteiger partial charge is 0.306 e. The Labute approximate surface area is 121 Å². The molecule has 20 heavy (non-hydrogen) atoms. The van der Waals surface area contributed by atoms with Crippen LogP contribution in [0.2, 0.25) is 0 Å². The van der Waals surface area contributed by atoms with Crippen molar-refractivity contribution in [3.8, 4) is 0 Å². The predicted octanol–water partition coefficient (Wildman–Crippen LogP) is 2.91. The first-order valence-electron chi connectivity index (χ1n) is 8.02. The van der Waals surface area contributed by atoms with E-state index in [1.54, 1.807) is 0 Å². The molecule has 0 saturated heterocycles. The van der Waals surface area contributed by atoms with Crippen LogP contribution in [0.4, 0.5) is 0 Å². The molecule has 2 fully saturated rings. The van der Waals surface area contributed by atoms with Crippen molar-refractivity contribution >= 4 is 11.9 Å². The van der Waals surface area contributed by atoms with Crippen LogP contribution in [0.1, 0.15) is 58.8 Å². The van der Waals surface area contributed by atoms with Gasteiger partial charge in [-0.25, -0.2) is 0 Å². The minimum absolute atomic E-state index is 0.0679. The average Bonchev–Trinajstić information content (AvgIpc) is 3.23. The van der Waals surface area contributed by atoms with Gasteiger partial charge in [0.2, 0.25) is 5.91 Å². The quantitative estimate of drug-likeness (QED) is 0.814. The maximum Gasteiger partial charge on any atom is 0.306 e. The van der Waals surface area contributed by atoms with Crippen molar-refractivity contribution in [1.82, 2.24) is 4.90 Å². The standard InChI is InChI=1S/C16H27NO3/c1-11(2)9-10-17(14-7-8-14)15(18)12-3-5-13(6-4-12)16(19)20/h11-14H,3-10H2,1-2H3,(H,19,20). The minimum Gasteiger partial charge on any atom is -0.481 e. The Hall–Kier alpha value is -1.06. The van der Waals surface area contributed by atoms with Gasteiger partial charge in [-0.2, -0.15) is 0 Å². The summed E-state index contributed by atoms with van der Waals surface area (Å²) < 4.78 is 0. The first kappa shape index (κ1) is 15.3. The van der Waals surface area contributed by atoms with Gasteiger partial charge in [-0.15, -0.1) is 0 Å². The Kier molecular flexibility index (Phi) is 5.06. The van der Waals surface area contributed by atoms with Crippen LogP contribution in [0.15, 0.2) is 0 Å². The van der Waals surface area contributed by atoms with Crippen molar-refractivity contribution in [3.05, 3.63) is 0 Å². The maximum atomic E-state index is 12.6. The topological polar surface area (TPSA) is 57.6 Å². The molecule has 0 heterocycles. The second-order valence-electron chi connectivity index (χ2n) is 6.83. The number of hydrogen-bond acceptors (Lipinski definition) is 2. The molecular formula is C16H27NO3. The Morgan fingerprint density at radius 3 is 2.05 bits per heavy atom. The molecule has 0 bridgehead atoms. The van der Waals surface area contributed by atoms with E-state index in [1.807, 2.05) is 0 Å². The number of nitrogens with zero attached hydrogens (tertiary/aromatic N) is 1. The number of hydrogen-bond donors (Lipinski definition) is 1. The molecule has 2 rings (SSSR count). The molecule has 0 radical (unpaired) electrons. The Morgan fingerprint density at radius 2 is 1.60 bits per heavy atom. The molecule has 0 aromatic heterocycles. The number of carboxylic acids is 1. The second-order valence-corrected chi connectivity index (χ2v) is 6.83. The first-order valence-corrected chi connectivity index (χ1v) is 8.02. The Bertz CT molecular complexity index is 355. The normalized spacial score (nSPS) is 26.6. The van der Waals surface area contributed by atoms with Crippen LogP contribution in [0.25, 0.3) is 0 Å². The summed E-state index contributed by atoms with van der Waals surface area (Å²) in [5, 5.41) is 9.02. The summed E-state index contributed by atoms with van der Waals surface area (Å²) in [7, 11) is 0. The van der Waals surface area contributed by atoms with Crippen LogP contribution in [0, 0.1) is 17.8 Å². The van der Waals surface area contributed by atoms with Crippen molar-refractivity contribution in [2.45, 2.75) is 64.8 Å². The lowest BCUT2D eigenvalue weighted by Gasteiger charge is -2.31. The molecule has 0 atom stereocenters. The summed E-state index contributed by atoms with van der Waals surface area (Å²) >= 11 is 0. The lowest BCUT2D eigenvalue weighted by atomic mass is 9.81. The van der Waals surface area contributed by atoms with Crippen LogP contribution >= 0.6 is 0 Å². The highest BCUT2D eigenvalue weighted by atomic mass is 16.4. The van der Waals surface area contributed by atoms with E-state index < -0.39 is 5.97 Å². The van der Waals surface area contributed by atoms with E-state index in [0.29, 0.717) is 24.8 Å². The predicted molar refractivity (Wildman–Crippen MR) is 77.3 cm³/mol.